The van der Waals surface area contributed by atoms with E-state index in [-0.39, 0.29) is 28.3 Å². The summed E-state index contributed by atoms with van der Waals surface area (Å²) >= 11 is 0. The zero-order valence-electron chi connectivity index (χ0n) is 18.0. The van der Waals surface area contributed by atoms with Gasteiger partial charge in [0.05, 0.1) is 12.0 Å². The molecule has 0 fully saturated rings. The third-order valence-corrected chi connectivity index (χ3v) is 7.63. The summed E-state index contributed by atoms with van der Waals surface area (Å²) < 4.78 is 60.3. The number of hydrogen-bond acceptors (Lipinski definition) is 5. The molecule has 2 rings (SSSR count). The van der Waals surface area contributed by atoms with E-state index in [0.717, 1.165) is 11.1 Å². The Labute approximate surface area is 180 Å². The number of methoxy groups -OCH3 is 1. The fourth-order valence-electron chi connectivity index (χ4n) is 2.88. The predicted octanol–water partition coefficient (Wildman–Crippen LogP) is 3.03. The average molecular weight is 455 g/mol. The maximum atomic E-state index is 12.8. The van der Waals surface area contributed by atoms with E-state index in [4.69, 9.17) is 4.74 Å². The van der Waals surface area contributed by atoms with E-state index < -0.39 is 20.0 Å². The molecule has 0 amide bonds. The van der Waals surface area contributed by atoms with Gasteiger partial charge in [0.15, 0.2) is 0 Å². The van der Waals surface area contributed by atoms with Crippen LogP contribution < -0.4 is 14.2 Å². The Kier molecular flexibility index (Phi) is 8.04. The molecule has 2 aromatic rings. The zero-order chi connectivity index (χ0) is 22.5. The van der Waals surface area contributed by atoms with Crippen molar-refractivity contribution in [3.05, 3.63) is 53.6 Å². The highest BCUT2D eigenvalue weighted by atomic mass is 32.2. The van der Waals surface area contributed by atoms with Crippen molar-refractivity contribution >= 4 is 20.0 Å². The van der Waals surface area contributed by atoms with Crippen LogP contribution in [0.3, 0.4) is 0 Å². The number of benzene rings is 2. The summed E-state index contributed by atoms with van der Waals surface area (Å²) in [6.07, 6.45) is 0.420. The third kappa shape index (κ3) is 6.28. The van der Waals surface area contributed by atoms with Crippen LogP contribution in [0.5, 0.6) is 5.75 Å². The Balaban J connectivity index is 2.09. The fourth-order valence-corrected chi connectivity index (χ4v) is 5.37. The van der Waals surface area contributed by atoms with Crippen LogP contribution in [0, 0.1) is 0 Å². The Morgan fingerprint density at radius 1 is 0.900 bits per heavy atom. The lowest BCUT2D eigenvalue weighted by molar-refractivity contribution is 0.402. The molecule has 0 aliphatic carbocycles. The van der Waals surface area contributed by atoms with E-state index >= 15 is 0 Å². The summed E-state index contributed by atoms with van der Waals surface area (Å²) in [5.74, 6) is 0.476. The van der Waals surface area contributed by atoms with Crippen LogP contribution in [0.1, 0.15) is 44.7 Å². The van der Waals surface area contributed by atoms with Crippen molar-refractivity contribution in [2.75, 3.05) is 13.7 Å². The van der Waals surface area contributed by atoms with E-state index in [2.05, 4.69) is 9.44 Å². The van der Waals surface area contributed by atoms with Crippen molar-refractivity contribution in [3.8, 4) is 5.75 Å². The summed E-state index contributed by atoms with van der Waals surface area (Å²) in [5.41, 5.74) is 1.73. The minimum absolute atomic E-state index is 0.109. The van der Waals surface area contributed by atoms with Crippen LogP contribution in [0.15, 0.2) is 52.3 Å². The second-order valence-electron chi connectivity index (χ2n) is 7.63. The van der Waals surface area contributed by atoms with Crippen molar-refractivity contribution < 1.29 is 21.6 Å². The maximum Gasteiger partial charge on any atom is 0.244 e. The smallest absolute Gasteiger partial charge is 0.244 e. The van der Waals surface area contributed by atoms with E-state index in [1.807, 2.05) is 19.9 Å². The predicted molar refractivity (Wildman–Crippen MR) is 118 cm³/mol. The SMILES string of the molecule is COc1ccc(C(C)C)cc1S(=O)(=O)NCCc1ccc(S(=O)(=O)NC(C)C)cc1. The largest absolute Gasteiger partial charge is 0.495 e. The van der Waals surface area contributed by atoms with Gasteiger partial charge in [0, 0.05) is 12.6 Å². The third-order valence-electron chi connectivity index (χ3n) is 4.47. The monoisotopic (exact) mass is 454 g/mol. The second kappa shape index (κ2) is 9.91. The molecule has 0 unspecified atom stereocenters. The van der Waals surface area contributed by atoms with Gasteiger partial charge in [-0.15, -0.1) is 0 Å². The molecule has 0 saturated heterocycles. The highest BCUT2D eigenvalue weighted by Crippen LogP contribution is 2.27. The van der Waals surface area contributed by atoms with Gasteiger partial charge in [-0.25, -0.2) is 26.3 Å². The summed E-state index contributed by atoms with van der Waals surface area (Å²) in [7, 11) is -5.87. The molecule has 30 heavy (non-hydrogen) atoms. The van der Waals surface area contributed by atoms with Crippen LogP contribution in [0.2, 0.25) is 0 Å². The van der Waals surface area contributed by atoms with Gasteiger partial charge in [0.2, 0.25) is 20.0 Å². The molecular formula is C21H30N2O5S2. The molecular weight excluding hydrogens is 424 g/mol. The first-order valence-electron chi connectivity index (χ1n) is 9.75. The van der Waals surface area contributed by atoms with E-state index in [1.54, 1.807) is 38.1 Å². The van der Waals surface area contributed by atoms with Crippen LogP contribution in [0.4, 0.5) is 0 Å². The standard InChI is InChI=1S/C21H30N2O5S2/c1-15(2)18-8-11-20(28-5)21(14-18)30(26,27)22-13-12-17-6-9-19(10-7-17)29(24,25)23-16(3)4/h6-11,14-16,22-23H,12-13H2,1-5H3. The Morgan fingerprint density at radius 2 is 1.53 bits per heavy atom. The molecule has 7 nitrogen and oxygen atoms in total. The number of hydrogen-bond donors (Lipinski definition) is 2. The van der Waals surface area contributed by atoms with E-state index in [1.165, 1.54) is 19.2 Å². The van der Waals surface area contributed by atoms with Gasteiger partial charge in [-0.1, -0.05) is 32.0 Å². The van der Waals surface area contributed by atoms with Gasteiger partial charge in [-0.2, -0.15) is 0 Å². The lowest BCUT2D eigenvalue weighted by Gasteiger charge is -2.14. The highest BCUT2D eigenvalue weighted by Gasteiger charge is 2.20. The Hall–Kier alpha value is -1.94. The normalized spacial score (nSPS) is 12.5. The lowest BCUT2D eigenvalue weighted by atomic mass is 10.0. The quantitative estimate of drug-likeness (QED) is 0.575. The van der Waals surface area contributed by atoms with Crippen LogP contribution in [-0.4, -0.2) is 36.5 Å². The van der Waals surface area contributed by atoms with Crippen molar-refractivity contribution in [2.45, 2.75) is 55.9 Å². The van der Waals surface area contributed by atoms with Gasteiger partial charge in [-0.3, -0.25) is 0 Å². The first-order chi connectivity index (χ1) is 14.0. The van der Waals surface area contributed by atoms with Crippen molar-refractivity contribution in [1.29, 1.82) is 0 Å². The molecule has 0 aliphatic rings. The fraction of sp³-hybridized carbons (Fsp3) is 0.429. The van der Waals surface area contributed by atoms with Gasteiger partial charge >= 0.3 is 0 Å². The van der Waals surface area contributed by atoms with Crippen molar-refractivity contribution in [3.63, 3.8) is 0 Å². The molecule has 0 radical (unpaired) electrons. The molecule has 0 atom stereocenters. The molecule has 0 aliphatic heterocycles. The van der Waals surface area contributed by atoms with Gasteiger partial charge in [0.25, 0.3) is 0 Å². The first kappa shape index (κ1) is 24.3. The Morgan fingerprint density at radius 3 is 2.07 bits per heavy atom. The minimum Gasteiger partial charge on any atom is -0.495 e. The zero-order valence-corrected chi connectivity index (χ0v) is 19.6. The molecule has 0 aromatic heterocycles. The van der Waals surface area contributed by atoms with Crippen LogP contribution in [-0.2, 0) is 26.5 Å². The van der Waals surface area contributed by atoms with Crippen LogP contribution >= 0.6 is 0 Å². The second-order valence-corrected chi connectivity index (χ2v) is 11.1. The lowest BCUT2D eigenvalue weighted by Crippen LogP contribution is -2.30. The number of nitrogens with one attached hydrogen (secondary N) is 2. The van der Waals surface area contributed by atoms with Crippen LogP contribution in [0.25, 0.3) is 0 Å². The molecule has 2 N–H and O–H groups in total. The summed E-state index contributed by atoms with van der Waals surface area (Å²) in [4.78, 5) is 0.285. The van der Waals surface area contributed by atoms with Gasteiger partial charge in [0.1, 0.15) is 10.6 Å². The molecule has 0 spiro atoms. The number of sulfonamides is 2. The van der Waals surface area contributed by atoms with E-state index in [0.29, 0.717) is 12.2 Å². The Bertz CT molecular complexity index is 1060. The minimum atomic E-state index is -3.75. The van der Waals surface area contributed by atoms with Crippen molar-refractivity contribution in [2.24, 2.45) is 0 Å². The summed E-state index contributed by atoms with van der Waals surface area (Å²) in [6.45, 7) is 7.67. The summed E-state index contributed by atoms with van der Waals surface area (Å²) in [5, 5.41) is 0. The van der Waals surface area contributed by atoms with E-state index in [9.17, 15) is 16.8 Å². The van der Waals surface area contributed by atoms with Gasteiger partial charge in [-0.05, 0) is 61.6 Å². The highest BCUT2D eigenvalue weighted by molar-refractivity contribution is 7.89. The maximum absolute atomic E-state index is 12.8. The average Bonchev–Trinajstić information content (AvgIpc) is 2.66. The van der Waals surface area contributed by atoms with Gasteiger partial charge < -0.3 is 4.74 Å². The number of ether oxygens (including phenoxy) is 1. The topological polar surface area (TPSA) is 102 Å². The number of rotatable bonds is 10. The molecule has 0 bridgehead atoms. The molecule has 2 aromatic carbocycles. The summed E-state index contributed by atoms with van der Waals surface area (Å²) in [6, 6.07) is 11.4. The first-order valence-corrected chi connectivity index (χ1v) is 12.7. The molecule has 9 heteroatoms. The molecule has 0 heterocycles. The van der Waals surface area contributed by atoms with Crippen molar-refractivity contribution in [1.82, 2.24) is 9.44 Å². The molecule has 166 valence electrons. The molecule has 0 saturated carbocycles.